The maximum absolute atomic E-state index is 13.5. The first-order chi connectivity index (χ1) is 9.06. The number of carbonyl (C=O) groups excluding carboxylic acids is 1. The standard InChI is InChI=1S/C14H12ClFN2O/c1-9-3-2-4-11(18-9)8-17-14(19)12-6-5-10(15)7-13(12)16/h2-7H,8H2,1H3,(H,17,19). The quantitative estimate of drug-likeness (QED) is 0.937. The third-order valence-electron chi connectivity index (χ3n) is 2.55. The van der Waals surface area contributed by atoms with E-state index in [2.05, 4.69) is 10.3 Å². The Morgan fingerprint density at radius 1 is 1.37 bits per heavy atom. The van der Waals surface area contributed by atoms with Crippen molar-refractivity contribution in [3.05, 3.63) is 64.2 Å². The number of hydrogen-bond donors (Lipinski definition) is 1. The highest BCUT2D eigenvalue weighted by atomic mass is 35.5. The van der Waals surface area contributed by atoms with Gasteiger partial charge < -0.3 is 5.32 Å². The van der Waals surface area contributed by atoms with Crippen molar-refractivity contribution in [1.82, 2.24) is 10.3 Å². The van der Waals surface area contributed by atoms with Crippen molar-refractivity contribution in [2.24, 2.45) is 0 Å². The van der Waals surface area contributed by atoms with Gasteiger partial charge in [-0.15, -0.1) is 0 Å². The smallest absolute Gasteiger partial charge is 0.254 e. The number of nitrogens with one attached hydrogen (secondary N) is 1. The zero-order valence-electron chi connectivity index (χ0n) is 10.3. The van der Waals surface area contributed by atoms with Crippen LogP contribution in [0.5, 0.6) is 0 Å². The molecule has 1 heterocycles. The topological polar surface area (TPSA) is 42.0 Å². The van der Waals surface area contributed by atoms with E-state index in [1.54, 1.807) is 6.07 Å². The number of rotatable bonds is 3. The van der Waals surface area contributed by atoms with Crippen LogP contribution < -0.4 is 5.32 Å². The SMILES string of the molecule is Cc1cccc(CNC(=O)c2ccc(Cl)cc2F)n1. The molecule has 2 rings (SSSR count). The average molecular weight is 279 g/mol. The molecule has 0 spiro atoms. The number of amides is 1. The lowest BCUT2D eigenvalue weighted by Crippen LogP contribution is -2.24. The van der Waals surface area contributed by atoms with E-state index in [-0.39, 0.29) is 17.1 Å². The van der Waals surface area contributed by atoms with Crippen molar-refractivity contribution in [2.45, 2.75) is 13.5 Å². The van der Waals surface area contributed by atoms with Crippen LogP contribution in [0, 0.1) is 12.7 Å². The summed E-state index contributed by atoms with van der Waals surface area (Å²) in [5.74, 6) is -1.13. The second-order valence-corrected chi connectivity index (χ2v) is 4.51. The van der Waals surface area contributed by atoms with Crippen molar-refractivity contribution in [2.75, 3.05) is 0 Å². The Morgan fingerprint density at radius 3 is 2.84 bits per heavy atom. The zero-order valence-corrected chi connectivity index (χ0v) is 11.0. The molecular weight excluding hydrogens is 267 g/mol. The third-order valence-corrected chi connectivity index (χ3v) is 2.79. The predicted octanol–water partition coefficient (Wildman–Crippen LogP) is 3.11. The molecule has 0 fully saturated rings. The summed E-state index contributed by atoms with van der Waals surface area (Å²) in [5.41, 5.74) is 1.56. The number of pyridine rings is 1. The zero-order chi connectivity index (χ0) is 13.8. The molecule has 0 aliphatic carbocycles. The Labute approximate surface area is 115 Å². The molecule has 1 N–H and O–H groups in total. The Morgan fingerprint density at radius 2 is 2.16 bits per heavy atom. The van der Waals surface area contributed by atoms with Crippen LogP contribution >= 0.6 is 11.6 Å². The first kappa shape index (κ1) is 13.5. The van der Waals surface area contributed by atoms with Crippen LogP contribution in [0.15, 0.2) is 36.4 Å². The second kappa shape index (κ2) is 5.80. The molecule has 2 aromatic rings. The second-order valence-electron chi connectivity index (χ2n) is 4.08. The summed E-state index contributed by atoms with van der Waals surface area (Å²) in [4.78, 5) is 16.1. The maximum atomic E-state index is 13.5. The van der Waals surface area contributed by atoms with Crippen LogP contribution in [0.4, 0.5) is 4.39 Å². The van der Waals surface area contributed by atoms with E-state index in [4.69, 9.17) is 11.6 Å². The minimum atomic E-state index is -0.637. The van der Waals surface area contributed by atoms with Crippen molar-refractivity contribution in [3.63, 3.8) is 0 Å². The van der Waals surface area contributed by atoms with Crippen LogP contribution in [-0.2, 0) is 6.54 Å². The Hall–Kier alpha value is -1.94. The van der Waals surface area contributed by atoms with Gasteiger partial charge in [-0.1, -0.05) is 17.7 Å². The first-order valence-corrected chi connectivity index (χ1v) is 6.10. The molecule has 5 heteroatoms. The van der Waals surface area contributed by atoms with Gasteiger partial charge >= 0.3 is 0 Å². The van der Waals surface area contributed by atoms with Crippen molar-refractivity contribution < 1.29 is 9.18 Å². The van der Waals surface area contributed by atoms with Crippen molar-refractivity contribution in [1.29, 1.82) is 0 Å². The van der Waals surface area contributed by atoms with E-state index in [0.29, 0.717) is 0 Å². The molecule has 0 saturated heterocycles. The number of halogens is 2. The molecule has 0 unspecified atom stereocenters. The van der Waals surface area contributed by atoms with Gasteiger partial charge in [0.25, 0.3) is 5.91 Å². The lowest BCUT2D eigenvalue weighted by molar-refractivity contribution is 0.0946. The molecule has 3 nitrogen and oxygen atoms in total. The Bertz CT molecular complexity index is 616. The van der Waals surface area contributed by atoms with Gasteiger partial charge in [0.1, 0.15) is 5.82 Å². The van der Waals surface area contributed by atoms with Gasteiger partial charge in [0, 0.05) is 10.7 Å². The highest BCUT2D eigenvalue weighted by Gasteiger charge is 2.11. The lowest BCUT2D eigenvalue weighted by atomic mass is 10.2. The van der Waals surface area contributed by atoms with E-state index in [1.165, 1.54) is 12.1 Å². The summed E-state index contributed by atoms with van der Waals surface area (Å²) in [5, 5.41) is 2.88. The van der Waals surface area contributed by atoms with Gasteiger partial charge in [0.15, 0.2) is 0 Å². The predicted molar refractivity (Wildman–Crippen MR) is 71.6 cm³/mol. The summed E-state index contributed by atoms with van der Waals surface area (Å²) in [6, 6.07) is 9.46. The fourth-order valence-electron chi connectivity index (χ4n) is 1.64. The maximum Gasteiger partial charge on any atom is 0.254 e. The Balaban J connectivity index is 2.05. The highest BCUT2D eigenvalue weighted by molar-refractivity contribution is 6.30. The molecule has 0 saturated carbocycles. The van der Waals surface area contributed by atoms with E-state index < -0.39 is 11.7 Å². The molecule has 0 aliphatic rings. The number of benzene rings is 1. The van der Waals surface area contributed by atoms with Crippen LogP contribution in [0.25, 0.3) is 0 Å². The van der Waals surface area contributed by atoms with E-state index in [0.717, 1.165) is 17.5 Å². The number of hydrogen-bond acceptors (Lipinski definition) is 2. The average Bonchev–Trinajstić information content (AvgIpc) is 2.36. The molecule has 1 aromatic heterocycles. The van der Waals surface area contributed by atoms with E-state index in [9.17, 15) is 9.18 Å². The minimum absolute atomic E-state index is 0.0305. The molecule has 0 aliphatic heterocycles. The van der Waals surface area contributed by atoms with Gasteiger partial charge in [-0.05, 0) is 37.3 Å². The third kappa shape index (κ3) is 3.51. The van der Waals surface area contributed by atoms with Crippen molar-refractivity contribution in [3.8, 4) is 0 Å². The van der Waals surface area contributed by atoms with Crippen molar-refractivity contribution >= 4 is 17.5 Å². The molecule has 19 heavy (non-hydrogen) atoms. The number of nitrogens with zero attached hydrogens (tertiary/aromatic N) is 1. The molecule has 0 radical (unpaired) electrons. The summed E-state index contributed by atoms with van der Waals surface area (Å²) in [6.07, 6.45) is 0. The molecular formula is C14H12ClFN2O. The molecule has 0 atom stereocenters. The van der Waals surface area contributed by atoms with Crippen LogP contribution in [0.2, 0.25) is 5.02 Å². The van der Waals surface area contributed by atoms with Gasteiger partial charge in [-0.3, -0.25) is 9.78 Å². The highest BCUT2D eigenvalue weighted by Crippen LogP contribution is 2.14. The lowest BCUT2D eigenvalue weighted by Gasteiger charge is -2.06. The summed E-state index contributed by atoms with van der Waals surface area (Å²) >= 11 is 5.63. The normalized spacial score (nSPS) is 10.3. The van der Waals surface area contributed by atoms with E-state index >= 15 is 0 Å². The fraction of sp³-hybridized carbons (Fsp3) is 0.143. The van der Waals surface area contributed by atoms with Crippen LogP contribution in [0.1, 0.15) is 21.7 Å². The van der Waals surface area contributed by atoms with Crippen LogP contribution in [0.3, 0.4) is 0 Å². The summed E-state index contributed by atoms with van der Waals surface area (Å²) < 4.78 is 13.5. The summed E-state index contributed by atoms with van der Waals surface area (Å²) in [7, 11) is 0. The van der Waals surface area contributed by atoms with E-state index in [1.807, 2.05) is 19.1 Å². The molecule has 1 amide bonds. The largest absolute Gasteiger partial charge is 0.346 e. The van der Waals surface area contributed by atoms with Gasteiger partial charge in [-0.2, -0.15) is 0 Å². The molecule has 1 aromatic carbocycles. The number of carbonyl (C=O) groups is 1. The summed E-state index contributed by atoms with van der Waals surface area (Å²) in [6.45, 7) is 2.12. The molecule has 0 bridgehead atoms. The number of aromatic nitrogens is 1. The number of aryl methyl sites for hydroxylation is 1. The molecule has 98 valence electrons. The monoisotopic (exact) mass is 278 g/mol. The van der Waals surface area contributed by atoms with Gasteiger partial charge in [-0.25, -0.2) is 4.39 Å². The van der Waals surface area contributed by atoms with Gasteiger partial charge in [0.2, 0.25) is 0 Å². The van der Waals surface area contributed by atoms with Crippen LogP contribution in [-0.4, -0.2) is 10.9 Å². The minimum Gasteiger partial charge on any atom is -0.346 e. The fourth-order valence-corrected chi connectivity index (χ4v) is 1.80. The Kier molecular flexibility index (Phi) is 4.12. The first-order valence-electron chi connectivity index (χ1n) is 5.72. The van der Waals surface area contributed by atoms with Gasteiger partial charge in [0.05, 0.1) is 17.8 Å².